The quantitative estimate of drug-likeness (QED) is 0.914. The Morgan fingerprint density at radius 1 is 1.22 bits per heavy atom. The standard InChI is InChI=1S/C18H22N2O2.ClH/c1-13-7-9-15(10-8-13)17(19)18(21)20(2)12-14-5-4-6-16(11-14)22-3;/h4-11,17H,12,19H2,1-3H3;1H. The first kappa shape index (κ1) is 19.0. The molecule has 0 aliphatic heterocycles. The molecule has 0 bridgehead atoms. The van der Waals surface area contributed by atoms with Gasteiger partial charge in [0.15, 0.2) is 0 Å². The number of hydrogen-bond donors (Lipinski definition) is 1. The van der Waals surface area contributed by atoms with Crippen molar-refractivity contribution in [3.8, 4) is 5.75 Å². The van der Waals surface area contributed by atoms with Gasteiger partial charge in [-0.25, -0.2) is 0 Å². The van der Waals surface area contributed by atoms with Gasteiger partial charge in [-0.15, -0.1) is 12.4 Å². The van der Waals surface area contributed by atoms with E-state index in [1.165, 1.54) is 0 Å². The van der Waals surface area contributed by atoms with Crippen molar-refractivity contribution in [1.29, 1.82) is 0 Å². The predicted molar refractivity (Wildman–Crippen MR) is 94.8 cm³/mol. The summed E-state index contributed by atoms with van der Waals surface area (Å²) in [6.07, 6.45) is 0. The van der Waals surface area contributed by atoms with Gasteiger partial charge < -0.3 is 15.4 Å². The van der Waals surface area contributed by atoms with Gasteiger partial charge in [-0.2, -0.15) is 0 Å². The van der Waals surface area contributed by atoms with Crippen LogP contribution in [-0.2, 0) is 11.3 Å². The smallest absolute Gasteiger partial charge is 0.244 e. The van der Waals surface area contributed by atoms with E-state index in [2.05, 4.69) is 0 Å². The molecule has 23 heavy (non-hydrogen) atoms. The maximum Gasteiger partial charge on any atom is 0.244 e. The van der Waals surface area contributed by atoms with E-state index < -0.39 is 6.04 Å². The summed E-state index contributed by atoms with van der Waals surface area (Å²) in [7, 11) is 3.39. The van der Waals surface area contributed by atoms with Crippen LogP contribution in [0, 0.1) is 6.92 Å². The van der Waals surface area contributed by atoms with Crippen LogP contribution >= 0.6 is 12.4 Å². The molecule has 0 radical (unpaired) electrons. The Morgan fingerprint density at radius 2 is 1.87 bits per heavy atom. The van der Waals surface area contributed by atoms with E-state index in [1.807, 2.05) is 55.5 Å². The average Bonchev–Trinajstić information content (AvgIpc) is 2.54. The molecule has 0 spiro atoms. The molecule has 5 heteroatoms. The number of nitrogens with zero attached hydrogens (tertiary/aromatic N) is 1. The lowest BCUT2D eigenvalue weighted by molar-refractivity contribution is -0.131. The number of carbonyl (C=O) groups excluding carboxylic acids is 1. The van der Waals surface area contributed by atoms with Crippen molar-refractivity contribution in [2.24, 2.45) is 5.73 Å². The van der Waals surface area contributed by atoms with E-state index in [4.69, 9.17) is 10.5 Å². The number of rotatable bonds is 5. The number of aryl methyl sites for hydroxylation is 1. The molecule has 0 fully saturated rings. The molecule has 4 nitrogen and oxygen atoms in total. The summed E-state index contributed by atoms with van der Waals surface area (Å²) in [6, 6.07) is 14.8. The molecule has 0 saturated heterocycles. The minimum absolute atomic E-state index is 0. The molecule has 2 aromatic carbocycles. The van der Waals surface area contributed by atoms with E-state index in [9.17, 15) is 4.79 Å². The number of likely N-dealkylation sites (N-methyl/N-ethyl adjacent to an activating group) is 1. The molecule has 1 unspecified atom stereocenters. The molecular formula is C18H23ClN2O2. The number of nitrogens with two attached hydrogens (primary N) is 1. The molecule has 2 rings (SSSR count). The van der Waals surface area contributed by atoms with Crippen LogP contribution < -0.4 is 10.5 Å². The Balaban J connectivity index is 0.00000264. The summed E-state index contributed by atoms with van der Waals surface area (Å²) >= 11 is 0. The molecular weight excluding hydrogens is 312 g/mol. The SMILES string of the molecule is COc1cccc(CN(C)C(=O)C(N)c2ccc(C)cc2)c1.Cl. The first-order valence-electron chi connectivity index (χ1n) is 7.21. The maximum absolute atomic E-state index is 12.5. The molecule has 2 aromatic rings. The lowest BCUT2D eigenvalue weighted by atomic mass is 10.0. The highest BCUT2D eigenvalue weighted by molar-refractivity contribution is 5.85. The van der Waals surface area contributed by atoms with Gasteiger partial charge in [-0.3, -0.25) is 4.79 Å². The lowest BCUT2D eigenvalue weighted by Gasteiger charge is -2.22. The van der Waals surface area contributed by atoms with Gasteiger partial charge in [0.05, 0.1) is 7.11 Å². The third-order valence-corrected chi connectivity index (χ3v) is 3.63. The fourth-order valence-corrected chi connectivity index (χ4v) is 2.28. The van der Waals surface area contributed by atoms with Crippen LogP contribution in [0.25, 0.3) is 0 Å². The molecule has 0 aliphatic rings. The average molecular weight is 335 g/mol. The van der Waals surface area contributed by atoms with E-state index in [1.54, 1.807) is 19.1 Å². The van der Waals surface area contributed by atoms with Crippen LogP contribution in [0.1, 0.15) is 22.7 Å². The van der Waals surface area contributed by atoms with E-state index >= 15 is 0 Å². The minimum atomic E-state index is -0.642. The second-order valence-electron chi connectivity index (χ2n) is 5.43. The Kier molecular flexibility index (Phi) is 7.07. The number of methoxy groups -OCH3 is 1. The molecule has 2 N–H and O–H groups in total. The zero-order valence-electron chi connectivity index (χ0n) is 13.7. The Hall–Kier alpha value is -2.04. The molecule has 0 heterocycles. The first-order valence-corrected chi connectivity index (χ1v) is 7.21. The zero-order chi connectivity index (χ0) is 16.1. The fourth-order valence-electron chi connectivity index (χ4n) is 2.28. The predicted octanol–water partition coefficient (Wildman–Crippen LogP) is 3.08. The van der Waals surface area contributed by atoms with Gasteiger partial charge in [-0.1, -0.05) is 42.0 Å². The minimum Gasteiger partial charge on any atom is -0.497 e. The monoisotopic (exact) mass is 334 g/mol. The highest BCUT2D eigenvalue weighted by Crippen LogP contribution is 2.17. The summed E-state index contributed by atoms with van der Waals surface area (Å²) < 4.78 is 5.20. The van der Waals surface area contributed by atoms with Gasteiger partial charge in [0.2, 0.25) is 5.91 Å². The van der Waals surface area contributed by atoms with Gasteiger partial charge in [0, 0.05) is 13.6 Å². The number of halogens is 1. The molecule has 124 valence electrons. The van der Waals surface area contributed by atoms with E-state index in [0.29, 0.717) is 6.54 Å². The second-order valence-corrected chi connectivity index (χ2v) is 5.43. The van der Waals surface area contributed by atoms with E-state index in [-0.39, 0.29) is 18.3 Å². The molecule has 0 aromatic heterocycles. The van der Waals surface area contributed by atoms with Crippen LogP contribution in [0.2, 0.25) is 0 Å². The van der Waals surface area contributed by atoms with Crippen molar-refractivity contribution >= 4 is 18.3 Å². The fraction of sp³-hybridized carbons (Fsp3) is 0.278. The number of hydrogen-bond acceptors (Lipinski definition) is 3. The van der Waals surface area contributed by atoms with Crippen molar-refractivity contribution in [3.05, 3.63) is 65.2 Å². The van der Waals surface area contributed by atoms with Gasteiger partial charge in [0.25, 0.3) is 0 Å². The highest BCUT2D eigenvalue weighted by atomic mass is 35.5. The van der Waals surface area contributed by atoms with Crippen LogP contribution in [0.5, 0.6) is 5.75 Å². The molecule has 1 atom stereocenters. The summed E-state index contributed by atoms with van der Waals surface area (Å²) in [6.45, 7) is 2.50. The summed E-state index contributed by atoms with van der Waals surface area (Å²) in [5.74, 6) is 0.674. The number of amides is 1. The third kappa shape index (κ3) is 4.98. The molecule has 1 amide bonds. The van der Waals surface area contributed by atoms with Crippen molar-refractivity contribution in [1.82, 2.24) is 4.90 Å². The maximum atomic E-state index is 12.5. The van der Waals surface area contributed by atoms with Crippen LogP contribution in [0.3, 0.4) is 0 Å². The van der Waals surface area contributed by atoms with Gasteiger partial charge in [-0.05, 0) is 30.2 Å². The number of carbonyl (C=O) groups is 1. The van der Waals surface area contributed by atoms with Crippen LogP contribution in [0.4, 0.5) is 0 Å². The van der Waals surface area contributed by atoms with Crippen LogP contribution in [-0.4, -0.2) is 25.0 Å². The van der Waals surface area contributed by atoms with Crippen molar-refractivity contribution < 1.29 is 9.53 Å². The lowest BCUT2D eigenvalue weighted by Crippen LogP contribution is -2.35. The van der Waals surface area contributed by atoms with E-state index in [0.717, 1.165) is 22.4 Å². The first-order chi connectivity index (χ1) is 10.5. The van der Waals surface area contributed by atoms with Gasteiger partial charge >= 0.3 is 0 Å². The zero-order valence-corrected chi connectivity index (χ0v) is 14.5. The summed E-state index contributed by atoms with van der Waals surface area (Å²) in [4.78, 5) is 14.1. The highest BCUT2D eigenvalue weighted by Gasteiger charge is 2.19. The number of ether oxygens (including phenoxy) is 1. The van der Waals surface area contributed by atoms with Crippen molar-refractivity contribution in [2.75, 3.05) is 14.2 Å². The van der Waals surface area contributed by atoms with Crippen molar-refractivity contribution in [2.45, 2.75) is 19.5 Å². The van der Waals surface area contributed by atoms with Crippen molar-refractivity contribution in [3.63, 3.8) is 0 Å². The van der Waals surface area contributed by atoms with Crippen LogP contribution in [0.15, 0.2) is 48.5 Å². The normalized spacial score (nSPS) is 11.3. The Morgan fingerprint density at radius 3 is 2.48 bits per heavy atom. The molecule has 0 aliphatic carbocycles. The Labute approximate surface area is 143 Å². The molecule has 0 saturated carbocycles. The Bertz CT molecular complexity index is 644. The number of benzene rings is 2. The largest absolute Gasteiger partial charge is 0.497 e. The van der Waals surface area contributed by atoms with Gasteiger partial charge in [0.1, 0.15) is 11.8 Å². The third-order valence-electron chi connectivity index (χ3n) is 3.63. The summed E-state index contributed by atoms with van der Waals surface area (Å²) in [5, 5.41) is 0. The topological polar surface area (TPSA) is 55.6 Å². The second kappa shape index (κ2) is 8.56. The summed E-state index contributed by atoms with van der Waals surface area (Å²) in [5.41, 5.74) is 9.06.